The van der Waals surface area contributed by atoms with Gasteiger partial charge in [0.25, 0.3) is 0 Å². The number of allylic oxidation sites excluding steroid dienone is 2. The average Bonchev–Trinajstić information content (AvgIpc) is 3.67. The second-order valence-corrected chi connectivity index (χ2v) is 14.6. The number of aromatic nitrogens is 1. The molecule has 4 aliphatic rings. The van der Waals surface area contributed by atoms with E-state index in [4.69, 9.17) is 4.74 Å². The van der Waals surface area contributed by atoms with Crippen LogP contribution >= 0.6 is 0 Å². The SMILES string of the molecule is CC1(C)c2ccccc2-c2cc(N(C3=CC4OC5=C(c6cnccc6CC5)C4C=C3)c3ccc(-c4ccccc4)cc3)c(-c3ccccc3)cc21. The summed E-state index contributed by atoms with van der Waals surface area (Å²) in [6.07, 6.45) is 12.8. The Morgan fingerprint density at radius 1 is 0.667 bits per heavy atom. The number of hydrogen-bond donors (Lipinski definition) is 0. The molecular formula is C48H38N2O. The highest BCUT2D eigenvalue weighted by Gasteiger charge is 2.41. The zero-order valence-electron chi connectivity index (χ0n) is 28.9. The van der Waals surface area contributed by atoms with Crippen LogP contribution < -0.4 is 4.90 Å². The molecule has 0 saturated heterocycles. The second-order valence-electron chi connectivity index (χ2n) is 14.6. The van der Waals surface area contributed by atoms with Gasteiger partial charge in [0.2, 0.25) is 0 Å². The molecule has 0 saturated carbocycles. The van der Waals surface area contributed by atoms with Crippen molar-refractivity contribution in [2.75, 3.05) is 4.90 Å². The minimum absolute atomic E-state index is 0.0819. The van der Waals surface area contributed by atoms with Crippen LogP contribution in [0.1, 0.15) is 42.5 Å². The number of aryl methyl sites for hydroxylation is 1. The maximum Gasteiger partial charge on any atom is 0.129 e. The Bertz CT molecular complexity index is 2420. The summed E-state index contributed by atoms with van der Waals surface area (Å²) in [5, 5.41) is 0. The van der Waals surface area contributed by atoms with Gasteiger partial charge in [-0.1, -0.05) is 117 Å². The Labute approximate surface area is 299 Å². The first-order valence-corrected chi connectivity index (χ1v) is 18.1. The highest BCUT2D eigenvalue weighted by Crippen LogP contribution is 2.54. The summed E-state index contributed by atoms with van der Waals surface area (Å²) >= 11 is 0. The van der Waals surface area contributed by atoms with E-state index in [-0.39, 0.29) is 17.4 Å². The molecule has 246 valence electrons. The first-order chi connectivity index (χ1) is 25.0. The number of nitrogens with zero attached hydrogens (tertiary/aromatic N) is 2. The second kappa shape index (κ2) is 11.6. The fourth-order valence-corrected chi connectivity index (χ4v) is 8.86. The van der Waals surface area contributed by atoms with E-state index in [1.165, 1.54) is 61.2 Å². The van der Waals surface area contributed by atoms with Crippen molar-refractivity contribution in [1.82, 2.24) is 4.98 Å². The Morgan fingerprint density at radius 2 is 1.39 bits per heavy atom. The number of hydrogen-bond acceptors (Lipinski definition) is 3. The molecule has 3 aliphatic carbocycles. The summed E-state index contributed by atoms with van der Waals surface area (Å²) in [6, 6.07) is 46.5. The molecular weight excluding hydrogens is 621 g/mol. The Morgan fingerprint density at radius 3 is 2.20 bits per heavy atom. The fourth-order valence-electron chi connectivity index (χ4n) is 8.86. The number of anilines is 2. The van der Waals surface area contributed by atoms with Gasteiger partial charge in [0.1, 0.15) is 11.9 Å². The molecule has 0 N–H and O–H groups in total. The van der Waals surface area contributed by atoms with Crippen LogP contribution in [0.15, 0.2) is 169 Å². The minimum Gasteiger partial charge on any atom is -0.489 e. The van der Waals surface area contributed by atoms with E-state index >= 15 is 0 Å². The van der Waals surface area contributed by atoms with E-state index in [2.05, 4.69) is 169 Å². The lowest BCUT2D eigenvalue weighted by Crippen LogP contribution is -2.24. The van der Waals surface area contributed by atoms with Gasteiger partial charge in [-0.25, -0.2) is 0 Å². The maximum atomic E-state index is 6.82. The van der Waals surface area contributed by atoms with Crippen LogP contribution in [-0.2, 0) is 16.6 Å². The van der Waals surface area contributed by atoms with Crippen molar-refractivity contribution in [3.63, 3.8) is 0 Å². The summed E-state index contributed by atoms with van der Waals surface area (Å²) in [7, 11) is 0. The van der Waals surface area contributed by atoms with E-state index in [1.54, 1.807) is 0 Å². The molecule has 5 aromatic carbocycles. The van der Waals surface area contributed by atoms with Gasteiger partial charge in [0, 0.05) is 58.2 Å². The minimum atomic E-state index is -0.110. The summed E-state index contributed by atoms with van der Waals surface area (Å²) in [5.41, 5.74) is 17.3. The predicted molar refractivity (Wildman–Crippen MR) is 209 cm³/mol. The van der Waals surface area contributed by atoms with Gasteiger partial charge in [-0.2, -0.15) is 0 Å². The molecule has 0 bridgehead atoms. The number of rotatable bonds is 5. The molecule has 51 heavy (non-hydrogen) atoms. The summed E-state index contributed by atoms with van der Waals surface area (Å²) in [6.45, 7) is 4.72. The largest absolute Gasteiger partial charge is 0.489 e. The standard InChI is InChI=1S/C48H38N2O/c1-48(2)42-16-10-9-15-37(42)40-29-44(39(28-43(40)48)33-13-7-4-8-14-33)50(35-20-17-32(18-21-35)31-11-5-3-6-12-31)36-22-23-38-46(27-36)51-45-24-19-34-25-26-49-30-41(34)47(38)45/h3-18,20-23,25-30,38,46H,19,24H2,1-2H3. The van der Waals surface area contributed by atoms with Crippen molar-refractivity contribution >= 4 is 16.9 Å². The lowest BCUT2D eigenvalue weighted by atomic mass is 9.81. The highest BCUT2D eigenvalue weighted by molar-refractivity contribution is 5.93. The van der Waals surface area contributed by atoms with Crippen LogP contribution in [0, 0.1) is 5.92 Å². The van der Waals surface area contributed by atoms with Crippen molar-refractivity contribution in [3.05, 3.63) is 192 Å². The highest BCUT2D eigenvalue weighted by atomic mass is 16.5. The Kier molecular flexibility index (Phi) is 6.79. The smallest absolute Gasteiger partial charge is 0.129 e. The molecule has 2 unspecified atom stereocenters. The van der Waals surface area contributed by atoms with Crippen molar-refractivity contribution < 1.29 is 4.74 Å². The first-order valence-electron chi connectivity index (χ1n) is 18.1. The van der Waals surface area contributed by atoms with Crippen molar-refractivity contribution in [1.29, 1.82) is 0 Å². The van der Waals surface area contributed by atoms with Gasteiger partial charge >= 0.3 is 0 Å². The first kappa shape index (κ1) is 29.9. The molecule has 0 amide bonds. The number of pyridine rings is 1. The molecule has 6 aromatic rings. The van der Waals surface area contributed by atoms with Gasteiger partial charge in [-0.05, 0) is 93.4 Å². The van der Waals surface area contributed by atoms with Crippen molar-refractivity contribution in [2.45, 2.75) is 38.2 Å². The molecule has 1 aromatic heterocycles. The van der Waals surface area contributed by atoms with Crippen LogP contribution in [0.2, 0.25) is 0 Å². The van der Waals surface area contributed by atoms with Gasteiger partial charge in [0.05, 0.1) is 5.69 Å². The van der Waals surface area contributed by atoms with Crippen LogP contribution in [0.4, 0.5) is 11.4 Å². The van der Waals surface area contributed by atoms with Gasteiger partial charge in [0.15, 0.2) is 0 Å². The van der Waals surface area contributed by atoms with E-state index in [0.717, 1.165) is 35.7 Å². The monoisotopic (exact) mass is 658 g/mol. The third-order valence-electron chi connectivity index (χ3n) is 11.4. The number of ether oxygens (including phenoxy) is 1. The molecule has 3 nitrogen and oxygen atoms in total. The van der Waals surface area contributed by atoms with Gasteiger partial charge < -0.3 is 9.64 Å². The van der Waals surface area contributed by atoms with E-state index in [9.17, 15) is 0 Å². The van der Waals surface area contributed by atoms with E-state index < -0.39 is 0 Å². The summed E-state index contributed by atoms with van der Waals surface area (Å²) < 4.78 is 6.82. The number of fused-ring (bicyclic) bond motifs is 7. The van der Waals surface area contributed by atoms with Crippen molar-refractivity contribution in [2.24, 2.45) is 5.92 Å². The average molecular weight is 659 g/mol. The third kappa shape index (κ3) is 4.76. The lowest BCUT2D eigenvalue weighted by Gasteiger charge is -2.33. The molecule has 3 heteroatoms. The number of benzene rings is 5. The quantitative estimate of drug-likeness (QED) is 0.184. The zero-order valence-corrected chi connectivity index (χ0v) is 28.9. The normalized spacial score (nSPS) is 18.9. The molecule has 2 atom stereocenters. The molecule has 1 aliphatic heterocycles. The molecule has 0 fully saturated rings. The van der Waals surface area contributed by atoms with Crippen LogP contribution in [0.3, 0.4) is 0 Å². The molecule has 2 heterocycles. The van der Waals surface area contributed by atoms with Gasteiger partial charge in [-0.15, -0.1) is 0 Å². The van der Waals surface area contributed by atoms with Crippen molar-refractivity contribution in [3.8, 4) is 33.4 Å². The third-order valence-corrected chi connectivity index (χ3v) is 11.4. The maximum absolute atomic E-state index is 6.82. The van der Waals surface area contributed by atoms with E-state index in [1.807, 2.05) is 12.4 Å². The lowest BCUT2D eigenvalue weighted by molar-refractivity contribution is 0.157. The Hall–Kier alpha value is -5.93. The van der Waals surface area contributed by atoms with E-state index in [0.29, 0.717) is 0 Å². The molecule has 0 spiro atoms. The summed E-state index contributed by atoms with van der Waals surface area (Å²) in [5.74, 6) is 1.28. The van der Waals surface area contributed by atoms with Crippen LogP contribution in [0.25, 0.3) is 39.0 Å². The van der Waals surface area contributed by atoms with Gasteiger partial charge in [-0.3, -0.25) is 4.98 Å². The predicted octanol–water partition coefficient (Wildman–Crippen LogP) is 11.7. The summed E-state index contributed by atoms with van der Waals surface area (Å²) in [4.78, 5) is 6.96. The zero-order chi connectivity index (χ0) is 34.1. The molecule has 0 radical (unpaired) electrons. The fraction of sp³-hybridized carbons (Fsp3) is 0.146. The topological polar surface area (TPSA) is 25.4 Å². The van der Waals surface area contributed by atoms with Crippen LogP contribution in [0.5, 0.6) is 0 Å². The molecule has 10 rings (SSSR count). The Balaban J connectivity index is 1.16. The van der Waals surface area contributed by atoms with Crippen LogP contribution in [-0.4, -0.2) is 11.1 Å².